The molecule has 0 radical (unpaired) electrons. The Morgan fingerprint density at radius 3 is 2.92 bits per heavy atom. The molecule has 2 aliphatic rings. The summed E-state index contributed by atoms with van der Waals surface area (Å²) >= 11 is 0. The van der Waals surface area contributed by atoms with Crippen LogP contribution in [0, 0.1) is 0 Å². The van der Waals surface area contributed by atoms with Gasteiger partial charge in [-0.2, -0.15) is 0 Å². The average molecular weight is 351 g/mol. The summed E-state index contributed by atoms with van der Waals surface area (Å²) in [6, 6.07) is 1.68. The van der Waals surface area contributed by atoms with Crippen molar-refractivity contribution in [2.24, 2.45) is 0 Å². The Morgan fingerprint density at radius 2 is 2.20 bits per heavy atom. The third kappa shape index (κ3) is 4.80. The van der Waals surface area contributed by atoms with Gasteiger partial charge in [-0.15, -0.1) is 0 Å². The van der Waals surface area contributed by atoms with Gasteiger partial charge in [-0.05, 0) is 38.6 Å². The molecule has 2 heterocycles. The second kappa shape index (κ2) is 7.85. The molecule has 7 heteroatoms. The third-order valence-corrected chi connectivity index (χ3v) is 5.43. The van der Waals surface area contributed by atoms with Crippen LogP contribution in [0.3, 0.4) is 0 Å². The first-order valence-corrected chi connectivity index (χ1v) is 9.29. The lowest BCUT2D eigenvalue weighted by molar-refractivity contribution is 0.0294. The smallest absolute Gasteiger partial charge is 0.275 e. The molecule has 1 amide bonds. The van der Waals surface area contributed by atoms with E-state index < -0.39 is 5.60 Å². The van der Waals surface area contributed by atoms with Gasteiger partial charge >= 0.3 is 0 Å². The Bertz CT molecular complexity index is 583. The summed E-state index contributed by atoms with van der Waals surface area (Å²) in [5.74, 6) is 0.454. The number of hydrogen-bond donors (Lipinski definition) is 2. The number of aromatic nitrogens is 1. The maximum Gasteiger partial charge on any atom is 0.275 e. The highest BCUT2D eigenvalue weighted by Gasteiger charge is 2.31. The Balaban J connectivity index is 1.51. The number of hydrogen-bond acceptors (Lipinski definition) is 6. The van der Waals surface area contributed by atoms with E-state index in [1.165, 1.54) is 0 Å². The van der Waals surface area contributed by atoms with Crippen molar-refractivity contribution in [1.82, 2.24) is 15.0 Å². The second-order valence-electron chi connectivity index (χ2n) is 7.62. The van der Waals surface area contributed by atoms with Crippen molar-refractivity contribution in [3.8, 4) is 0 Å². The van der Waals surface area contributed by atoms with Gasteiger partial charge in [0, 0.05) is 26.2 Å². The zero-order valence-electron chi connectivity index (χ0n) is 15.0. The number of β-amino-alcohol motifs (C(OH)–C–C–N with tert-alkyl or cyclic N) is 1. The summed E-state index contributed by atoms with van der Waals surface area (Å²) < 4.78 is 5.30. The van der Waals surface area contributed by atoms with Gasteiger partial charge in [0.15, 0.2) is 11.5 Å². The van der Waals surface area contributed by atoms with Crippen LogP contribution < -0.4 is 0 Å². The normalized spacial score (nSPS) is 23.7. The first kappa shape index (κ1) is 18.4. The van der Waals surface area contributed by atoms with Crippen molar-refractivity contribution in [2.45, 2.75) is 63.2 Å². The fourth-order valence-corrected chi connectivity index (χ4v) is 3.84. The van der Waals surface area contributed by atoms with E-state index in [1.54, 1.807) is 18.0 Å². The Labute approximate surface area is 148 Å². The van der Waals surface area contributed by atoms with E-state index in [9.17, 15) is 15.0 Å². The molecule has 3 rings (SSSR count). The molecule has 1 aliphatic heterocycles. The lowest BCUT2D eigenvalue weighted by atomic mass is 9.98. The molecule has 1 atom stereocenters. The molecule has 2 N–H and O–H groups in total. The summed E-state index contributed by atoms with van der Waals surface area (Å²) in [4.78, 5) is 16.2. The van der Waals surface area contributed by atoms with E-state index in [2.05, 4.69) is 10.1 Å². The highest BCUT2D eigenvalue weighted by atomic mass is 16.5. The minimum atomic E-state index is -0.612. The van der Waals surface area contributed by atoms with Gasteiger partial charge in [0.05, 0.1) is 18.2 Å². The van der Waals surface area contributed by atoms with Gasteiger partial charge in [0.2, 0.25) is 0 Å². The molecule has 140 valence electrons. The van der Waals surface area contributed by atoms with Crippen LogP contribution in [0.15, 0.2) is 10.6 Å². The molecule has 1 saturated heterocycles. The van der Waals surface area contributed by atoms with Crippen LogP contribution in [0.4, 0.5) is 0 Å². The van der Waals surface area contributed by atoms with Crippen molar-refractivity contribution in [3.05, 3.63) is 17.5 Å². The number of likely N-dealkylation sites (tertiary alicyclic amines) is 1. The van der Waals surface area contributed by atoms with Crippen molar-refractivity contribution in [1.29, 1.82) is 0 Å². The Kier molecular flexibility index (Phi) is 5.76. The van der Waals surface area contributed by atoms with Crippen molar-refractivity contribution in [2.75, 3.05) is 26.7 Å². The number of nitrogens with zero attached hydrogens (tertiary/aromatic N) is 3. The number of aliphatic hydroxyl groups is 2. The predicted octanol–water partition coefficient (Wildman–Crippen LogP) is 1.40. The molecule has 0 unspecified atom stereocenters. The summed E-state index contributed by atoms with van der Waals surface area (Å²) in [7, 11) is 1.73. The summed E-state index contributed by atoms with van der Waals surface area (Å²) in [6.07, 6.45) is 5.89. The topological polar surface area (TPSA) is 90.0 Å². The van der Waals surface area contributed by atoms with E-state index in [1.807, 2.05) is 0 Å². The predicted molar refractivity (Wildman–Crippen MR) is 92.0 cm³/mol. The molecule has 1 saturated carbocycles. The fraction of sp³-hybridized carbons (Fsp3) is 0.778. The van der Waals surface area contributed by atoms with Crippen LogP contribution in [0.5, 0.6) is 0 Å². The quantitative estimate of drug-likeness (QED) is 0.805. The van der Waals surface area contributed by atoms with E-state index in [0.29, 0.717) is 37.5 Å². The van der Waals surface area contributed by atoms with E-state index in [4.69, 9.17) is 4.52 Å². The van der Waals surface area contributed by atoms with Gasteiger partial charge < -0.3 is 19.6 Å². The molecule has 1 aromatic heterocycles. The largest absolute Gasteiger partial charge is 0.392 e. The molecule has 0 spiro atoms. The number of aliphatic hydroxyl groups excluding tert-OH is 1. The molecule has 2 fully saturated rings. The Hall–Kier alpha value is -1.44. The SMILES string of the molecule is CN(CCC1(O)CCCC1)C(=O)c1cc(CN2CCC[C@H](O)C2)on1. The summed E-state index contributed by atoms with van der Waals surface area (Å²) in [5, 5.41) is 24.0. The number of amides is 1. The fourth-order valence-electron chi connectivity index (χ4n) is 3.84. The molecule has 1 aliphatic carbocycles. The van der Waals surface area contributed by atoms with E-state index >= 15 is 0 Å². The standard InChI is InChI=1S/C18H29N3O4/c1-20(10-8-18(24)6-2-3-7-18)17(23)16-11-15(25-19-16)13-21-9-4-5-14(22)12-21/h11,14,22,24H,2-10,12-13H2,1H3/t14-/m0/s1. The van der Waals surface area contributed by atoms with Crippen LogP contribution in [-0.2, 0) is 6.54 Å². The maximum atomic E-state index is 12.5. The van der Waals surface area contributed by atoms with Gasteiger partial charge in [0.25, 0.3) is 5.91 Å². The number of carbonyl (C=O) groups excluding carboxylic acids is 1. The number of carbonyl (C=O) groups is 1. The highest BCUT2D eigenvalue weighted by molar-refractivity contribution is 5.92. The van der Waals surface area contributed by atoms with Crippen molar-refractivity contribution in [3.63, 3.8) is 0 Å². The maximum absolute atomic E-state index is 12.5. The molecule has 1 aromatic rings. The molecule has 0 bridgehead atoms. The number of rotatable bonds is 6. The first-order valence-electron chi connectivity index (χ1n) is 9.29. The zero-order chi connectivity index (χ0) is 17.9. The molecular weight excluding hydrogens is 322 g/mol. The lowest BCUT2D eigenvalue weighted by Gasteiger charge is -2.28. The van der Waals surface area contributed by atoms with Crippen LogP contribution in [0.1, 0.15) is 61.2 Å². The van der Waals surface area contributed by atoms with Gasteiger partial charge in [0.1, 0.15) is 0 Å². The molecule has 7 nitrogen and oxygen atoms in total. The van der Waals surface area contributed by atoms with E-state index in [-0.39, 0.29) is 12.0 Å². The highest BCUT2D eigenvalue weighted by Crippen LogP contribution is 2.32. The van der Waals surface area contributed by atoms with Crippen LogP contribution >= 0.6 is 0 Å². The second-order valence-corrected chi connectivity index (χ2v) is 7.62. The minimum Gasteiger partial charge on any atom is -0.392 e. The van der Waals surface area contributed by atoms with Gasteiger partial charge in [-0.25, -0.2) is 0 Å². The number of piperidine rings is 1. The lowest BCUT2D eigenvalue weighted by Crippen LogP contribution is -2.37. The van der Waals surface area contributed by atoms with Crippen LogP contribution in [0.2, 0.25) is 0 Å². The minimum absolute atomic E-state index is 0.185. The summed E-state index contributed by atoms with van der Waals surface area (Å²) in [6.45, 7) is 2.61. The van der Waals surface area contributed by atoms with Gasteiger partial charge in [-0.1, -0.05) is 18.0 Å². The zero-order valence-corrected chi connectivity index (χ0v) is 15.0. The van der Waals surface area contributed by atoms with Crippen LogP contribution in [0.25, 0.3) is 0 Å². The van der Waals surface area contributed by atoms with Gasteiger partial charge in [-0.3, -0.25) is 9.69 Å². The molecule has 0 aromatic carbocycles. The van der Waals surface area contributed by atoms with Crippen molar-refractivity contribution >= 4 is 5.91 Å². The summed E-state index contributed by atoms with van der Waals surface area (Å²) in [5.41, 5.74) is -0.313. The Morgan fingerprint density at radius 1 is 1.44 bits per heavy atom. The van der Waals surface area contributed by atoms with Crippen LogP contribution in [-0.4, -0.2) is 69.5 Å². The van der Waals surface area contributed by atoms with E-state index in [0.717, 1.165) is 45.1 Å². The van der Waals surface area contributed by atoms with Crippen molar-refractivity contribution < 1.29 is 19.5 Å². The average Bonchev–Trinajstić information content (AvgIpc) is 3.22. The first-order chi connectivity index (χ1) is 12.0. The molecule has 25 heavy (non-hydrogen) atoms. The third-order valence-electron chi connectivity index (χ3n) is 5.43. The molecular formula is C18H29N3O4. The monoisotopic (exact) mass is 351 g/mol.